The van der Waals surface area contributed by atoms with Crippen LogP contribution in [0.2, 0.25) is 0 Å². The predicted octanol–water partition coefficient (Wildman–Crippen LogP) is 3.83. The molecule has 31 heavy (non-hydrogen) atoms. The minimum Gasteiger partial charge on any atom is -0.454 e. The Kier molecular flexibility index (Phi) is 5.76. The van der Waals surface area contributed by atoms with Crippen molar-refractivity contribution in [3.8, 4) is 22.1 Å². The highest BCUT2D eigenvalue weighted by Gasteiger charge is 2.34. The molecule has 0 bridgehead atoms. The number of anilines is 1. The summed E-state index contributed by atoms with van der Waals surface area (Å²) < 4.78 is 10.7. The van der Waals surface area contributed by atoms with E-state index in [2.05, 4.69) is 15.5 Å². The lowest BCUT2D eigenvalue weighted by Crippen LogP contribution is -2.43. The fourth-order valence-corrected chi connectivity index (χ4v) is 5.46. The van der Waals surface area contributed by atoms with Crippen LogP contribution in [-0.2, 0) is 9.59 Å². The molecule has 1 aliphatic carbocycles. The van der Waals surface area contributed by atoms with E-state index in [1.165, 1.54) is 37.0 Å². The van der Waals surface area contributed by atoms with Crippen LogP contribution in [0.5, 0.6) is 11.5 Å². The lowest BCUT2D eigenvalue weighted by atomic mass is 10.0. The van der Waals surface area contributed by atoms with E-state index >= 15 is 0 Å². The smallest absolute Gasteiger partial charge is 0.249 e. The summed E-state index contributed by atoms with van der Waals surface area (Å²) in [4.78, 5) is 27.4. The van der Waals surface area contributed by atoms with E-state index in [-0.39, 0.29) is 18.6 Å². The van der Waals surface area contributed by atoms with Gasteiger partial charge >= 0.3 is 0 Å². The van der Waals surface area contributed by atoms with Crippen LogP contribution >= 0.6 is 11.3 Å². The Morgan fingerprint density at radius 2 is 1.94 bits per heavy atom. The molecular formula is C22H26N4O4S. The molecule has 2 amide bonds. The molecule has 2 aromatic rings. The number of rotatable bonds is 6. The SMILES string of the molecule is O=C(Nc1nnc(-c2ccc3c(c2)OCO3)s1)C1CCCN1C(=O)CCC1CCCC1. The normalized spacial score (nSPS) is 20.4. The third kappa shape index (κ3) is 4.37. The average molecular weight is 443 g/mol. The van der Waals surface area contributed by atoms with Crippen LogP contribution in [0.25, 0.3) is 10.6 Å². The Hall–Kier alpha value is -2.68. The Morgan fingerprint density at radius 3 is 2.81 bits per heavy atom. The maximum absolute atomic E-state index is 12.9. The Morgan fingerprint density at radius 1 is 1.10 bits per heavy atom. The minimum absolute atomic E-state index is 0.0999. The average Bonchev–Trinajstić information content (AvgIpc) is 3.58. The molecule has 2 aliphatic heterocycles. The Balaban J connectivity index is 1.20. The third-order valence-electron chi connectivity index (χ3n) is 6.39. The molecule has 1 saturated heterocycles. The first-order chi connectivity index (χ1) is 15.2. The van der Waals surface area contributed by atoms with E-state index in [0.29, 0.717) is 46.9 Å². The van der Waals surface area contributed by atoms with Gasteiger partial charge in [0.2, 0.25) is 23.7 Å². The summed E-state index contributed by atoms with van der Waals surface area (Å²) in [6.07, 6.45) is 8.06. The van der Waals surface area contributed by atoms with Crippen LogP contribution in [0.1, 0.15) is 51.4 Å². The molecule has 1 N–H and O–H groups in total. The summed E-state index contributed by atoms with van der Waals surface area (Å²) in [7, 11) is 0. The fourth-order valence-electron chi connectivity index (χ4n) is 4.72. The van der Waals surface area contributed by atoms with Gasteiger partial charge in [0.05, 0.1) is 0 Å². The van der Waals surface area contributed by atoms with Crippen molar-refractivity contribution in [3.63, 3.8) is 0 Å². The summed E-state index contributed by atoms with van der Waals surface area (Å²) in [6.45, 7) is 0.869. The van der Waals surface area contributed by atoms with Gasteiger partial charge in [0, 0.05) is 18.5 Å². The van der Waals surface area contributed by atoms with Gasteiger partial charge in [-0.3, -0.25) is 14.9 Å². The van der Waals surface area contributed by atoms with E-state index in [1.54, 1.807) is 4.90 Å². The van der Waals surface area contributed by atoms with Crippen molar-refractivity contribution in [3.05, 3.63) is 18.2 Å². The summed E-state index contributed by atoms with van der Waals surface area (Å²) in [5.74, 6) is 1.98. The number of nitrogens with one attached hydrogen (secondary N) is 1. The van der Waals surface area contributed by atoms with Crippen molar-refractivity contribution in [1.82, 2.24) is 15.1 Å². The largest absolute Gasteiger partial charge is 0.454 e. The minimum atomic E-state index is -0.422. The first kappa shape index (κ1) is 20.2. The van der Waals surface area contributed by atoms with Gasteiger partial charge in [-0.25, -0.2) is 0 Å². The maximum atomic E-state index is 12.9. The highest BCUT2D eigenvalue weighted by molar-refractivity contribution is 7.18. The zero-order chi connectivity index (χ0) is 21.2. The van der Waals surface area contributed by atoms with E-state index in [4.69, 9.17) is 9.47 Å². The molecule has 1 unspecified atom stereocenters. The molecule has 164 valence electrons. The number of benzene rings is 1. The summed E-state index contributed by atoms with van der Waals surface area (Å²) in [5, 5.41) is 12.3. The van der Waals surface area contributed by atoms with Crippen molar-refractivity contribution in [2.45, 2.75) is 57.4 Å². The highest BCUT2D eigenvalue weighted by atomic mass is 32.1. The number of carbonyl (C=O) groups excluding carboxylic acids is 2. The molecule has 1 aromatic carbocycles. The molecule has 3 aliphatic rings. The monoisotopic (exact) mass is 442 g/mol. The summed E-state index contributed by atoms with van der Waals surface area (Å²) in [5.41, 5.74) is 0.854. The summed E-state index contributed by atoms with van der Waals surface area (Å²) >= 11 is 1.30. The first-order valence-corrected chi connectivity index (χ1v) is 11.8. The second kappa shape index (κ2) is 8.82. The van der Waals surface area contributed by atoms with Crippen molar-refractivity contribution >= 4 is 28.3 Å². The number of hydrogen-bond acceptors (Lipinski definition) is 7. The zero-order valence-corrected chi connectivity index (χ0v) is 18.2. The van der Waals surface area contributed by atoms with Gasteiger partial charge in [0.1, 0.15) is 11.0 Å². The standard InChI is InChI=1S/C22H26N4O4S/c27-19(10-7-14-4-1-2-5-14)26-11-3-6-16(26)20(28)23-22-25-24-21(31-22)15-8-9-17-18(12-15)30-13-29-17/h8-9,12,14,16H,1-7,10-11,13H2,(H,23,25,28). The highest BCUT2D eigenvalue weighted by Crippen LogP contribution is 2.37. The zero-order valence-electron chi connectivity index (χ0n) is 17.3. The molecule has 0 spiro atoms. The number of amides is 2. The third-order valence-corrected chi connectivity index (χ3v) is 7.28. The quantitative estimate of drug-likeness (QED) is 0.731. The first-order valence-electron chi connectivity index (χ1n) is 11.0. The van der Waals surface area contributed by atoms with Gasteiger partial charge in [0.15, 0.2) is 11.5 Å². The fraction of sp³-hybridized carbons (Fsp3) is 0.545. The lowest BCUT2D eigenvalue weighted by Gasteiger charge is -2.24. The van der Waals surface area contributed by atoms with Gasteiger partial charge in [-0.1, -0.05) is 37.0 Å². The van der Waals surface area contributed by atoms with Crippen molar-refractivity contribution in [2.75, 3.05) is 18.7 Å². The number of ether oxygens (including phenoxy) is 2. The van der Waals surface area contributed by atoms with Gasteiger partial charge in [0.25, 0.3) is 0 Å². The molecule has 1 aromatic heterocycles. The topological polar surface area (TPSA) is 93.7 Å². The number of nitrogens with zero attached hydrogens (tertiary/aromatic N) is 3. The second-order valence-electron chi connectivity index (χ2n) is 8.40. The predicted molar refractivity (Wildman–Crippen MR) is 116 cm³/mol. The number of likely N-dealkylation sites (tertiary alicyclic amines) is 1. The van der Waals surface area contributed by atoms with E-state index in [9.17, 15) is 9.59 Å². The van der Waals surface area contributed by atoms with Crippen LogP contribution in [0.15, 0.2) is 18.2 Å². The molecule has 1 atom stereocenters. The van der Waals surface area contributed by atoms with E-state index in [1.807, 2.05) is 18.2 Å². The number of fused-ring (bicyclic) bond motifs is 1. The Labute approximate surface area is 184 Å². The molecular weight excluding hydrogens is 416 g/mol. The van der Waals surface area contributed by atoms with Crippen LogP contribution in [0, 0.1) is 5.92 Å². The lowest BCUT2D eigenvalue weighted by molar-refractivity contribution is -0.136. The molecule has 0 radical (unpaired) electrons. The maximum Gasteiger partial charge on any atom is 0.249 e. The molecule has 8 nitrogen and oxygen atoms in total. The molecule has 9 heteroatoms. The van der Waals surface area contributed by atoms with Crippen molar-refractivity contribution in [2.24, 2.45) is 5.92 Å². The molecule has 2 fully saturated rings. The van der Waals surface area contributed by atoms with Crippen LogP contribution in [-0.4, -0.2) is 46.3 Å². The van der Waals surface area contributed by atoms with Crippen molar-refractivity contribution < 1.29 is 19.1 Å². The molecule has 5 rings (SSSR count). The number of hydrogen-bond donors (Lipinski definition) is 1. The van der Waals surface area contributed by atoms with E-state index < -0.39 is 6.04 Å². The van der Waals surface area contributed by atoms with Crippen molar-refractivity contribution in [1.29, 1.82) is 0 Å². The van der Waals surface area contributed by atoms with Gasteiger partial charge in [-0.2, -0.15) is 0 Å². The van der Waals surface area contributed by atoms with Gasteiger partial charge in [-0.15, -0.1) is 10.2 Å². The summed E-state index contributed by atoms with van der Waals surface area (Å²) in [6, 6.07) is 5.16. The van der Waals surface area contributed by atoms with Gasteiger partial charge in [-0.05, 0) is 43.4 Å². The second-order valence-corrected chi connectivity index (χ2v) is 9.38. The van der Waals surface area contributed by atoms with Crippen LogP contribution in [0.3, 0.4) is 0 Å². The van der Waals surface area contributed by atoms with Gasteiger partial charge < -0.3 is 14.4 Å². The molecule has 3 heterocycles. The number of aromatic nitrogens is 2. The van der Waals surface area contributed by atoms with Crippen LogP contribution < -0.4 is 14.8 Å². The van der Waals surface area contributed by atoms with Crippen LogP contribution in [0.4, 0.5) is 5.13 Å². The van der Waals surface area contributed by atoms with E-state index in [0.717, 1.165) is 18.4 Å². The Bertz CT molecular complexity index is 972. The number of carbonyl (C=O) groups is 2. The molecule has 1 saturated carbocycles.